The Hall–Kier alpha value is -3.65. The SMILES string of the molecule is CCOC(=O)c1ccc(-c2ccc(/C=C3/SC(=O)N(Cc4ccc(F)cc4)C3=O)o2)cc1. The van der Waals surface area contributed by atoms with E-state index < -0.39 is 17.1 Å². The van der Waals surface area contributed by atoms with Gasteiger partial charge in [-0.05, 0) is 60.6 Å². The Kier molecular flexibility index (Phi) is 6.23. The van der Waals surface area contributed by atoms with Gasteiger partial charge in [0.1, 0.15) is 17.3 Å². The number of carbonyl (C=O) groups excluding carboxylic acids is 3. The molecule has 0 spiro atoms. The Morgan fingerprint density at radius 2 is 1.78 bits per heavy atom. The van der Waals surface area contributed by atoms with Gasteiger partial charge in [0, 0.05) is 11.6 Å². The molecular weight excluding hydrogens is 433 g/mol. The van der Waals surface area contributed by atoms with Crippen LogP contribution in [0.5, 0.6) is 0 Å². The number of hydrogen-bond donors (Lipinski definition) is 0. The van der Waals surface area contributed by atoms with Gasteiger partial charge in [-0.25, -0.2) is 9.18 Å². The summed E-state index contributed by atoms with van der Waals surface area (Å²) in [4.78, 5) is 38.1. The number of ether oxygens (including phenoxy) is 1. The van der Waals surface area contributed by atoms with E-state index in [1.165, 1.54) is 30.3 Å². The average Bonchev–Trinajstić information content (AvgIpc) is 3.36. The van der Waals surface area contributed by atoms with Crippen LogP contribution in [0.15, 0.2) is 70.0 Å². The number of carbonyl (C=O) groups is 3. The molecule has 0 atom stereocenters. The van der Waals surface area contributed by atoms with Crippen LogP contribution in [0, 0.1) is 5.82 Å². The number of halogens is 1. The number of hydrogen-bond acceptors (Lipinski definition) is 6. The predicted octanol–water partition coefficient (Wildman–Crippen LogP) is 5.50. The van der Waals surface area contributed by atoms with Crippen molar-refractivity contribution >= 4 is 35.0 Å². The van der Waals surface area contributed by atoms with Crippen LogP contribution in [0.3, 0.4) is 0 Å². The van der Waals surface area contributed by atoms with E-state index >= 15 is 0 Å². The molecule has 1 aromatic heterocycles. The highest BCUT2D eigenvalue weighted by atomic mass is 32.2. The first-order valence-corrected chi connectivity index (χ1v) is 10.6. The fraction of sp³-hybridized carbons (Fsp3) is 0.125. The summed E-state index contributed by atoms with van der Waals surface area (Å²) in [5.41, 5.74) is 1.85. The summed E-state index contributed by atoms with van der Waals surface area (Å²) >= 11 is 0.827. The summed E-state index contributed by atoms with van der Waals surface area (Å²) in [6, 6.07) is 15.9. The van der Waals surface area contributed by atoms with Crippen LogP contribution >= 0.6 is 11.8 Å². The molecule has 0 saturated carbocycles. The molecule has 2 amide bonds. The predicted molar refractivity (Wildman–Crippen MR) is 118 cm³/mol. The van der Waals surface area contributed by atoms with Crippen LogP contribution in [0.4, 0.5) is 9.18 Å². The summed E-state index contributed by atoms with van der Waals surface area (Å²) in [6.07, 6.45) is 1.52. The highest BCUT2D eigenvalue weighted by molar-refractivity contribution is 8.18. The second kappa shape index (κ2) is 9.23. The molecule has 2 aromatic carbocycles. The monoisotopic (exact) mass is 451 g/mol. The molecule has 8 heteroatoms. The fourth-order valence-electron chi connectivity index (χ4n) is 3.11. The molecule has 1 fully saturated rings. The number of benzene rings is 2. The fourth-order valence-corrected chi connectivity index (χ4v) is 3.93. The van der Waals surface area contributed by atoms with Gasteiger partial charge in [-0.15, -0.1) is 0 Å². The molecule has 1 aliphatic heterocycles. The Balaban J connectivity index is 1.48. The zero-order valence-electron chi connectivity index (χ0n) is 17.0. The van der Waals surface area contributed by atoms with E-state index in [2.05, 4.69) is 0 Å². The van der Waals surface area contributed by atoms with E-state index in [4.69, 9.17) is 9.15 Å². The number of imide groups is 1. The third-order valence-electron chi connectivity index (χ3n) is 4.71. The Bertz CT molecular complexity index is 1200. The molecule has 0 aliphatic carbocycles. The van der Waals surface area contributed by atoms with Crippen LogP contribution in [-0.2, 0) is 16.1 Å². The molecule has 0 N–H and O–H groups in total. The summed E-state index contributed by atoms with van der Waals surface area (Å²) < 4.78 is 23.8. The van der Waals surface area contributed by atoms with Crippen molar-refractivity contribution in [3.8, 4) is 11.3 Å². The number of nitrogens with zero attached hydrogens (tertiary/aromatic N) is 1. The topological polar surface area (TPSA) is 76.8 Å². The van der Waals surface area contributed by atoms with Crippen molar-refractivity contribution in [2.24, 2.45) is 0 Å². The van der Waals surface area contributed by atoms with Crippen molar-refractivity contribution in [1.29, 1.82) is 0 Å². The second-order valence-electron chi connectivity index (χ2n) is 6.89. The minimum Gasteiger partial charge on any atom is -0.462 e. The Morgan fingerprint density at radius 1 is 1.06 bits per heavy atom. The summed E-state index contributed by atoms with van der Waals surface area (Å²) in [5.74, 6) is -0.234. The normalized spacial score (nSPS) is 14.9. The molecule has 4 rings (SSSR count). The van der Waals surface area contributed by atoms with E-state index in [1.807, 2.05) is 0 Å². The van der Waals surface area contributed by atoms with Gasteiger partial charge in [-0.1, -0.05) is 24.3 Å². The summed E-state index contributed by atoms with van der Waals surface area (Å²) in [6.45, 7) is 2.12. The number of rotatable bonds is 6. The van der Waals surface area contributed by atoms with Gasteiger partial charge in [-0.3, -0.25) is 14.5 Å². The number of furan rings is 1. The van der Waals surface area contributed by atoms with E-state index in [9.17, 15) is 18.8 Å². The maximum atomic E-state index is 13.1. The van der Waals surface area contributed by atoms with Crippen molar-refractivity contribution < 1.29 is 27.9 Å². The van der Waals surface area contributed by atoms with Crippen LogP contribution in [-0.4, -0.2) is 28.6 Å². The van der Waals surface area contributed by atoms with Crippen LogP contribution in [0.25, 0.3) is 17.4 Å². The molecule has 1 aliphatic rings. The highest BCUT2D eigenvalue weighted by Gasteiger charge is 2.35. The van der Waals surface area contributed by atoms with Gasteiger partial charge in [0.05, 0.1) is 23.6 Å². The van der Waals surface area contributed by atoms with Crippen molar-refractivity contribution in [3.05, 3.63) is 88.3 Å². The van der Waals surface area contributed by atoms with E-state index in [0.717, 1.165) is 22.2 Å². The molecule has 0 radical (unpaired) electrons. The first kappa shape index (κ1) is 21.6. The summed E-state index contributed by atoms with van der Waals surface area (Å²) in [5, 5.41) is -0.396. The maximum Gasteiger partial charge on any atom is 0.338 e. The summed E-state index contributed by atoms with van der Waals surface area (Å²) in [7, 11) is 0. The van der Waals surface area contributed by atoms with E-state index in [0.29, 0.717) is 29.3 Å². The van der Waals surface area contributed by atoms with Gasteiger partial charge in [-0.2, -0.15) is 0 Å². The quantitative estimate of drug-likeness (QED) is 0.364. The molecule has 162 valence electrons. The first-order valence-electron chi connectivity index (χ1n) is 9.82. The van der Waals surface area contributed by atoms with Crippen molar-refractivity contribution in [2.45, 2.75) is 13.5 Å². The third kappa shape index (κ3) is 4.65. The lowest BCUT2D eigenvalue weighted by Gasteiger charge is -2.12. The average molecular weight is 451 g/mol. The molecule has 6 nitrogen and oxygen atoms in total. The van der Waals surface area contributed by atoms with Crippen molar-refractivity contribution in [1.82, 2.24) is 4.90 Å². The standard InChI is InChI=1S/C24H18FNO5S/c1-2-30-23(28)17-7-5-16(6-8-17)20-12-11-19(31-20)13-21-22(27)26(24(29)32-21)14-15-3-9-18(25)10-4-15/h3-13H,2,14H2,1H3/b21-13+. The highest BCUT2D eigenvalue weighted by Crippen LogP contribution is 2.34. The molecular formula is C24H18FNO5S. The van der Waals surface area contributed by atoms with Gasteiger partial charge in [0.15, 0.2) is 0 Å². The van der Waals surface area contributed by atoms with Crippen molar-refractivity contribution in [2.75, 3.05) is 6.61 Å². The number of amides is 2. The zero-order valence-corrected chi connectivity index (χ0v) is 17.9. The van der Waals surface area contributed by atoms with Gasteiger partial charge in [0.2, 0.25) is 0 Å². The van der Waals surface area contributed by atoms with Crippen LogP contribution < -0.4 is 0 Å². The molecule has 0 unspecified atom stereocenters. The van der Waals surface area contributed by atoms with Gasteiger partial charge in [0.25, 0.3) is 11.1 Å². The molecule has 0 bridgehead atoms. The minimum absolute atomic E-state index is 0.0680. The minimum atomic E-state index is -0.430. The lowest BCUT2D eigenvalue weighted by atomic mass is 10.1. The maximum absolute atomic E-state index is 13.1. The Morgan fingerprint density at radius 3 is 2.47 bits per heavy atom. The molecule has 32 heavy (non-hydrogen) atoms. The third-order valence-corrected chi connectivity index (χ3v) is 5.62. The van der Waals surface area contributed by atoms with E-state index in [1.54, 1.807) is 43.3 Å². The van der Waals surface area contributed by atoms with Crippen LogP contribution in [0.1, 0.15) is 28.6 Å². The molecule has 2 heterocycles. The second-order valence-corrected chi connectivity index (χ2v) is 7.89. The molecule has 1 saturated heterocycles. The molecule has 3 aromatic rings. The lowest BCUT2D eigenvalue weighted by molar-refractivity contribution is -0.123. The number of thioether (sulfide) groups is 1. The lowest BCUT2D eigenvalue weighted by Crippen LogP contribution is -2.27. The zero-order chi connectivity index (χ0) is 22.7. The number of esters is 1. The smallest absolute Gasteiger partial charge is 0.338 e. The van der Waals surface area contributed by atoms with Gasteiger partial charge >= 0.3 is 5.97 Å². The van der Waals surface area contributed by atoms with Gasteiger partial charge < -0.3 is 9.15 Å². The Labute approximate surface area is 187 Å². The first-order chi connectivity index (χ1) is 15.4. The van der Waals surface area contributed by atoms with Crippen molar-refractivity contribution in [3.63, 3.8) is 0 Å². The largest absolute Gasteiger partial charge is 0.462 e. The van der Waals surface area contributed by atoms with E-state index in [-0.39, 0.29) is 17.3 Å². The van der Waals surface area contributed by atoms with Crippen LogP contribution in [0.2, 0.25) is 0 Å².